The maximum Gasteiger partial charge on any atom is 0.243 e. The van der Waals surface area contributed by atoms with Gasteiger partial charge >= 0.3 is 0 Å². The number of carbonyl (C=O) groups excluding carboxylic acids is 1. The molecule has 2 fully saturated rings. The molecule has 1 amide bonds. The third kappa shape index (κ3) is 4.39. The second-order valence-electron chi connectivity index (χ2n) is 7.40. The summed E-state index contributed by atoms with van der Waals surface area (Å²) in [7, 11) is -3.55. The van der Waals surface area contributed by atoms with E-state index in [9.17, 15) is 13.2 Å². The first-order valence-electron chi connectivity index (χ1n) is 8.94. The van der Waals surface area contributed by atoms with Crippen LogP contribution in [0.15, 0.2) is 35.2 Å². The monoisotopic (exact) mass is 401 g/mol. The fourth-order valence-corrected chi connectivity index (χ4v) is 5.08. The number of sulfonamides is 1. The fourth-order valence-electron chi connectivity index (χ4n) is 3.54. The van der Waals surface area contributed by atoms with E-state index in [4.69, 9.17) is 5.73 Å². The number of nitrogens with zero attached hydrogens (tertiary/aromatic N) is 1. The molecule has 2 unspecified atom stereocenters. The first-order chi connectivity index (χ1) is 11.9. The normalized spacial score (nSPS) is 23.5. The first kappa shape index (κ1) is 21.2. The van der Waals surface area contributed by atoms with E-state index in [0.29, 0.717) is 31.8 Å². The molecular weight excluding hydrogens is 374 g/mol. The molecule has 26 heavy (non-hydrogen) atoms. The molecule has 1 aliphatic heterocycles. The lowest BCUT2D eigenvalue weighted by molar-refractivity contribution is -0.128. The third-order valence-corrected chi connectivity index (χ3v) is 7.33. The lowest BCUT2D eigenvalue weighted by Crippen LogP contribution is -2.56. The highest BCUT2D eigenvalue weighted by Gasteiger charge is 2.43. The molecule has 8 heteroatoms. The highest BCUT2D eigenvalue weighted by atomic mass is 35.5. The fraction of sp³-hybridized carbons (Fsp3) is 0.611. The van der Waals surface area contributed by atoms with Crippen molar-refractivity contribution in [1.82, 2.24) is 9.62 Å². The van der Waals surface area contributed by atoms with Gasteiger partial charge in [0.15, 0.2) is 0 Å². The van der Waals surface area contributed by atoms with Gasteiger partial charge in [-0.2, -0.15) is 4.31 Å². The van der Waals surface area contributed by atoms with Gasteiger partial charge in [0.1, 0.15) is 0 Å². The Morgan fingerprint density at radius 2 is 1.92 bits per heavy atom. The molecule has 1 aliphatic carbocycles. The second-order valence-corrected chi connectivity index (χ2v) is 9.34. The molecular formula is C18H28ClN3O3S. The van der Waals surface area contributed by atoms with Gasteiger partial charge in [-0.3, -0.25) is 4.79 Å². The van der Waals surface area contributed by atoms with E-state index in [0.717, 1.165) is 12.8 Å². The van der Waals surface area contributed by atoms with E-state index in [-0.39, 0.29) is 41.2 Å². The number of piperidine rings is 1. The number of hydrogen-bond acceptors (Lipinski definition) is 4. The standard InChI is InChI=1S/C18H27N3O3S.ClH/c1-18(13-19,15-9-10-15)20-17(22)14-6-5-11-21(12-14)25(23,24)16-7-3-2-4-8-16;/h2-4,7-8,14-15H,5-6,9-13,19H2,1H3,(H,20,22);1H. The van der Waals surface area contributed by atoms with Crippen LogP contribution in [0.3, 0.4) is 0 Å². The van der Waals surface area contributed by atoms with Crippen LogP contribution in [0.25, 0.3) is 0 Å². The van der Waals surface area contributed by atoms with E-state index in [2.05, 4.69) is 5.32 Å². The van der Waals surface area contributed by atoms with Crippen LogP contribution >= 0.6 is 12.4 Å². The molecule has 6 nitrogen and oxygen atoms in total. The summed E-state index contributed by atoms with van der Waals surface area (Å²) in [6.45, 7) is 3.08. The molecule has 146 valence electrons. The quantitative estimate of drug-likeness (QED) is 0.759. The van der Waals surface area contributed by atoms with Gasteiger partial charge in [-0.05, 0) is 50.7 Å². The zero-order valence-electron chi connectivity index (χ0n) is 15.1. The van der Waals surface area contributed by atoms with Gasteiger partial charge in [-0.25, -0.2) is 8.42 Å². The van der Waals surface area contributed by atoms with E-state index in [1.54, 1.807) is 30.3 Å². The van der Waals surface area contributed by atoms with E-state index in [1.807, 2.05) is 6.92 Å². The largest absolute Gasteiger partial charge is 0.349 e. The highest BCUT2D eigenvalue weighted by molar-refractivity contribution is 7.89. The molecule has 2 aliphatic rings. The van der Waals surface area contributed by atoms with E-state index in [1.165, 1.54) is 4.31 Å². The molecule has 3 N–H and O–H groups in total. The summed E-state index contributed by atoms with van der Waals surface area (Å²) >= 11 is 0. The van der Waals surface area contributed by atoms with Crippen LogP contribution in [-0.4, -0.2) is 43.8 Å². The minimum absolute atomic E-state index is 0. The zero-order valence-corrected chi connectivity index (χ0v) is 16.7. The van der Waals surface area contributed by atoms with Crippen molar-refractivity contribution in [2.45, 2.75) is 43.0 Å². The molecule has 1 saturated heterocycles. The Bertz CT molecular complexity index is 724. The number of carbonyl (C=O) groups is 1. The van der Waals surface area contributed by atoms with Gasteiger partial charge < -0.3 is 11.1 Å². The van der Waals surface area contributed by atoms with E-state index >= 15 is 0 Å². The van der Waals surface area contributed by atoms with E-state index < -0.39 is 10.0 Å². The predicted octanol–water partition coefficient (Wildman–Crippen LogP) is 1.75. The van der Waals surface area contributed by atoms with Crippen molar-refractivity contribution in [3.63, 3.8) is 0 Å². The minimum Gasteiger partial charge on any atom is -0.349 e. The van der Waals surface area contributed by atoms with Gasteiger partial charge in [-0.1, -0.05) is 18.2 Å². The predicted molar refractivity (Wildman–Crippen MR) is 103 cm³/mol. The van der Waals surface area contributed by atoms with Crippen LogP contribution in [0, 0.1) is 11.8 Å². The summed E-state index contributed by atoms with van der Waals surface area (Å²) in [5.41, 5.74) is 5.50. The Hall–Kier alpha value is -1.15. The zero-order chi connectivity index (χ0) is 18.1. The number of hydrogen-bond donors (Lipinski definition) is 2. The van der Waals surface area contributed by atoms with Crippen LogP contribution in [0.2, 0.25) is 0 Å². The third-order valence-electron chi connectivity index (χ3n) is 5.45. The van der Waals surface area contributed by atoms with Gasteiger partial charge in [0.05, 0.1) is 16.4 Å². The summed E-state index contributed by atoms with van der Waals surface area (Å²) < 4.78 is 27.0. The lowest BCUT2D eigenvalue weighted by atomic mass is 9.92. The molecule has 0 bridgehead atoms. The topological polar surface area (TPSA) is 92.5 Å². The van der Waals surface area contributed by atoms with Crippen LogP contribution in [0.5, 0.6) is 0 Å². The highest BCUT2D eigenvalue weighted by Crippen LogP contribution is 2.39. The van der Waals surface area contributed by atoms with Crippen molar-refractivity contribution in [3.8, 4) is 0 Å². The van der Waals surface area contributed by atoms with Crippen molar-refractivity contribution in [3.05, 3.63) is 30.3 Å². The Balaban J connectivity index is 0.00000243. The summed E-state index contributed by atoms with van der Waals surface area (Å²) in [6.07, 6.45) is 3.57. The van der Waals surface area contributed by atoms with Gasteiger partial charge in [0.25, 0.3) is 0 Å². The SMILES string of the molecule is CC(CN)(NC(=O)C1CCCN(S(=O)(=O)c2ccccc2)C1)C1CC1.Cl. The van der Waals surface area contributed by atoms with Crippen molar-refractivity contribution >= 4 is 28.3 Å². The summed E-state index contributed by atoms with van der Waals surface area (Å²) in [5, 5.41) is 3.10. The maximum absolute atomic E-state index is 12.8. The van der Waals surface area contributed by atoms with Gasteiger partial charge in [-0.15, -0.1) is 12.4 Å². The molecule has 1 saturated carbocycles. The molecule has 3 rings (SSSR count). The molecule has 2 atom stereocenters. The lowest BCUT2D eigenvalue weighted by Gasteiger charge is -2.35. The molecule has 0 radical (unpaired) electrons. The Morgan fingerprint density at radius 1 is 1.27 bits per heavy atom. The number of rotatable bonds is 6. The van der Waals surface area contributed by atoms with Crippen molar-refractivity contribution < 1.29 is 13.2 Å². The minimum atomic E-state index is -3.55. The number of benzene rings is 1. The molecule has 1 aromatic rings. The number of amides is 1. The molecule has 0 aromatic heterocycles. The average molecular weight is 402 g/mol. The number of halogens is 1. The molecule has 1 heterocycles. The number of nitrogens with two attached hydrogens (primary N) is 1. The van der Waals surface area contributed by atoms with Crippen molar-refractivity contribution in [2.24, 2.45) is 17.6 Å². The molecule has 1 aromatic carbocycles. The van der Waals surface area contributed by atoms with Gasteiger partial charge in [0.2, 0.25) is 15.9 Å². The smallest absolute Gasteiger partial charge is 0.243 e. The Kier molecular flexibility index (Phi) is 6.71. The Morgan fingerprint density at radius 3 is 2.50 bits per heavy atom. The van der Waals surface area contributed by atoms with Crippen LogP contribution in [0.4, 0.5) is 0 Å². The maximum atomic E-state index is 12.8. The van der Waals surface area contributed by atoms with Gasteiger partial charge in [0, 0.05) is 19.6 Å². The van der Waals surface area contributed by atoms with Crippen molar-refractivity contribution in [1.29, 1.82) is 0 Å². The van der Waals surface area contributed by atoms with Crippen LogP contribution in [0.1, 0.15) is 32.6 Å². The average Bonchev–Trinajstić information content (AvgIpc) is 3.48. The number of nitrogens with one attached hydrogen (secondary N) is 1. The van der Waals surface area contributed by atoms with Crippen LogP contribution < -0.4 is 11.1 Å². The van der Waals surface area contributed by atoms with Crippen LogP contribution in [-0.2, 0) is 14.8 Å². The second kappa shape index (κ2) is 8.25. The summed E-state index contributed by atoms with van der Waals surface area (Å²) in [4.78, 5) is 13.0. The summed E-state index contributed by atoms with van der Waals surface area (Å²) in [5.74, 6) is 0.0406. The Labute approximate surface area is 162 Å². The molecule has 0 spiro atoms. The van der Waals surface area contributed by atoms with Crippen molar-refractivity contribution in [2.75, 3.05) is 19.6 Å². The summed E-state index contributed by atoms with van der Waals surface area (Å²) in [6, 6.07) is 8.40. The first-order valence-corrected chi connectivity index (χ1v) is 10.4.